The summed E-state index contributed by atoms with van der Waals surface area (Å²) in [6, 6.07) is 1.92. The van der Waals surface area contributed by atoms with Gasteiger partial charge in [0.2, 0.25) is 5.91 Å². The lowest BCUT2D eigenvalue weighted by Crippen LogP contribution is -2.35. The standard InChI is InChI=1S/C15H22N2O2/c1-11-9-13(12(2)16(11)3)14(18)10-17-8-6-4-5-7-15(17)19/h9H,4-8,10H2,1-3H3. The van der Waals surface area contributed by atoms with Gasteiger partial charge in [-0.2, -0.15) is 0 Å². The van der Waals surface area contributed by atoms with E-state index < -0.39 is 0 Å². The Balaban J connectivity index is 2.11. The molecule has 4 heteroatoms. The highest BCUT2D eigenvalue weighted by molar-refractivity contribution is 6.00. The number of aromatic nitrogens is 1. The van der Waals surface area contributed by atoms with Crippen LogP contribution in [0, 0.1) is 13.8 Å². The Kier molecular flexibility index (Phi) is 4.08. The molecule has 0 aliphatic carbocycles. The van der Waals surface area contributed by atoms with Gasteiger partial charge in [-0.3, -0.25) is 9.59 Å². The van der Waals surface area contributed by atoms with Crippen molar-refractivity contribution in [1.82, 2.24) is 9.47 Å². The number of likely N-dealkylation sites (tertiary alicyclic amines) is 1. The van der Waals surface area contributed by atoms with Crippen LogP contribution in [0.15, 0.2) is 6.07 Å². The van der Waals surface area contributed by atoms with Crippen LogP contribution < -0.4 is 0 Å². The highest BCUT2D eigenvalue weighted by Gasteiger charge is 2.22. The molecule has 1 saturated heterocycles. The molecule has 104 valence electrons. The molecule has 0 atom stereocenters. The molecule has 0 saturated carbocycles. The van der Waals surface area contributed by atoms with Crippen LogP contribution in [0.1, 0.15) is 47.4 Å². The summed E-state index contributed by atoms with van der Waals surface area (Å²) in [5.74, 6) is 0.174. The maximum atomic E-state index is 12.3. The molecule has 2 heterocycles. The van der Waals surface area contributed by atoms with Crippen LogP contribution in [-0.2, 0) is 11.8 Å². The van der Waals surface area contributed by atoms with Gasteiger partial charge in [-0.15, -0.1) is 0 Å². The molecule has 2 rings (SSSR count). The van der Waals surface area contributed by atoms with Crippen molar-refractivity contribution in [2.24, 2.45) is 7.05 Å². The van der Waals surface area contributed by atoms with E-state index in [1.54, 1.807) is 4.90 Å². The molecule has 0 spiro atoms. The van der Waals surface area contributed by atoms with Crippen molar-refractivity contribution in [2.45, 2.75) is 39.5 Å². The van der Waals surface area contributed by atoms with Crippen LogP contribution in [0.5, 0.6) is 0 Å². The van der Waals surface area contributed by atoms with Crippen LogP contribution in [-0.4, -0.2) is 34.2 Å². The second-order valence-electron chi connectivity index (χ2n) is 5.39. The summed E-state index contributed by atoms with van der Waals surface area (Å²) in [7, 11) is 1.96. The highest BCUT2D eigenvalue weighted by Crippen LogP contribution is 2.16. The summed E-state index contributed by atoms with van der Waals surface area (Å²) >= 11 is 0. The lowest BCUT2D eigenvalue weighted by atomic mass is 10.1. The van der Waals surface area contributed by atoms with Gasteiger partial charge in [0.15, 0.2) is 5.78 Å². The fourth-order valence-corrected chi connectivity index (χ4v) is 2.60. The third kappa shape index (κ3) is 2.88. The van der Waals surface area contributed by atoms with Crippen LogP contribution in [0.3, 0.4) is 0 Å². The number of hydrogen-bond donors (Lipinski definition) is 0. The van der Waals surface area contributed by atoms with Crippen LogP contribution in [0.2, 0.25) is 0 Å². The zero-order valence-electron chi connectivity index (χ0n) is 12.0. The molecule has 1 amide bonds. The summed E-state index contributed by atoms with van der Waals surface area (Å²) in [5, 5.41) is 0. The predicted octanol–water partition coefficient (Wildman–Crippen LogP) is 2.23. The van der Waals surface area contributed by atoms with Crippen molar-refractivity contribution in [3.8, 4) is 0 Å². The highest BCUT2D eigenvalue weighted by atomic mass is 16.2. The SMILES string of the molecule is Cc1cc(C(=O)CN2CCCCCC2=O)c(C)n1C. The van der Waals surface area contributed by atoms with Crippen molar-refractivity contribution in [2.75, 3.05) is 13.1 Å². The van der Waals surface area contributed by atoms with E-state index in [1.165, 1.54) is 0 Å². The molecule has 1 aliphatic rings. The summed E-state index contributed by atoms with van der Waals surface area (Å²) in [6.07, 6.45) is 3.62. The minimum absolute atomic E-state index is 0.0523. The summed E-state index contributed by atoms with van der Waals surface area (Å²) < 4.78 is 2.01. The molecule has 0 radical (unpaired) electrons. The second-order valence-corrected chi connectivity index (χ2v) is 5.39. The summed E-state index contributed by atoms with van der Waals surface area (Å²) in [5.41, 5.74) is 2.80. The quantitative estimate of drug-likeness (QED) is 0.784. The zero-order valence-corrected chi connectivity index (χ0v) is 12.0. The molecule has 4 nitrogen and oxygen atoms in total. The van der Waals surface area contributed by atoms with Crippen molar-refractivity contribution in [3.05, 3.63) is 23.0 Å². The molecule has 0 aromatic carbocycles. The first-order chi connectivity index (χ1) is 9.00. The number of ketones is 1. The molecule has 1 fully saturated rings. The lowest BCUT2D eigenvalue weighted by Gasteiger charge is -2.19. The van der Waals surface area contributed by atoms with E-state index in [2.05, 4.69) is 0 Å². The largest absolute Gasteiger partial charge is 0.351 e. The molecule has 1 aromatic rings. The summed E-state index contributed by atoms with van der Waals surface area (Å²) in [6.45, 7) is 4.88. The van der Waals surface area contributed by atoms with Gasteiger partial charge < -0.3 is 9.47 Å². The van der Waals surface area contributed by atoms with Crippen molar-refractivity contribution < 1.29 is 9.59 Å². The van der Waals surface area contributed by atoms with Gasteiger partial charge in [-0.1, -0.05) is 6.42 Å². The monoisotopic (exact) mass is 262 g/mol. The maximum absolute atomic E-state index is 12.3. The Morgan fingerprint density at radius 3 is 2.63 bits per heavy atom. The normalized spacial score (nSPS) is 16.6. The van der Waals surface area contributed by atoms with Gasteiger partial charge in [0.1, 0.15) is 0 Å². The molecule has 19 heavy (non-hydrogen) atoms. The predicted molar refractivity (Wildman–Crippen MR) is 74.3 cm³/mol. The molecule has 0 N–H and O–H groups in total. The number of aryl methyl sites for hydroxylation is 1. The zero-order chi connectivity index (χ0) is 14.0. The van der Waals surface area contributed by atoms with Crippen molar-refractivity contribution in [1.29, 1.82) is 0 Å². The first kappa shape index (κ1) is 13.8. The smallest absolute Gasteiger partial charge is 0.222 e. The Morgan fingerprint density at radius 2 is 2.00 bits per heavy atom. The number of carbonyl (C=O) groups excluding carboxylic acids is 2. The Bertz CT molecular complexity index is 502. The van der Waals surface area contributed by atoms with Crippen molar-refractivity contribution >= 4 is 11.7 Å². The fraction of sp³-hybridized carbons (Fsp3) is 0.600. The summed E-state index contributed by atoms with van der Waals surface area (Å²) in [4.78, 5) is 26.0. The average molecular weight is 262 g/mol. The van der Waals surface area contributed by atoms with Crippen molar-refractivity contribution in [3.63, 3.8) is 0 Å². The second kappa shape index (κ2) is 5.59. The molecule has 0 bridgehead atoms. The van der Waals surface area contributed by atoms with Gasteiger partial charge >= 0.3 is 0 Å². The van der Waals surface area contributed by atoms with E-state index in [0.29, 0.717) is 6.42 Å². The number of carbonyl (C=O) groups is 2. The van der Waals surface area contributed by atoms with Gasteiger partial charge in [0, 0.05) is 37.0 Å². The minimum Gasteiger partial charge on any atom is -0.351 e. The fourth-order valence-electron chi connectivity index (χ4n) is 2.60. The topological polar surface area (TPSA) is 42.3 Å². The molecular formula is C15H22N2O2. The first-order valence-corrected chi connectivity index (χ1v) is 6.94. The van der Waals surface area contributed by atoms with E-state index in [1.807, 2.05) is 31.5 Å². The number of nitrogens with zero attached hydrogens (tertiary/aromatic N) is 2. The Hall–Kier alpha value is -1.58. The van der Waals surface area contributed by atoms with E-state index in [9.17, 15) is 9.59 Å². The van der Waals surface area contributed by atoms with E-state index in [-0.39, 0.29) is 18.2 Å². The first-order valence-electron chi connectivity index (χ1n) is 6.94. The van der Waals surface area contributed by atoms with E-state index >= 15 is 0 Å². The lowest BCUT2D eigenvalue weighted by molar-refractivity contribution is -0.130. The van der Waals surface area contributed by atoms with E-state index in [4.69, 9.17) is 0 Å². The third-order valence-corrected chi connectivity index (χ3v) is 4.08. The molecular weight excluding hydrogens is 240 g/mol. The minimum atomic E-state index is 0.0523. The molecule has 1 aromatic heterocycles. The van der Waals surface area contributed by atoms with Crippen LogP contribution >= 0.6 is 0 Å². The molecule has 0 unspecified atom stereocenters. The van der Waals surface area contributed by atoms with Crippen LogP contribution in [0.4, 0.5) is 0 Å². The van der Waals surface area contributed by atoms with Gasteiger partial charge in [-0.05, 0) is 32.8 Å². The van der Waals surface area contributed by atoms with E-state index in [0.717, 1.165) is 42.8 Å². The number of Topliss-reactive ketones (excluding diaryl/α,β-unsaturated/α-hetero) is 1. The number of rotatable bonds is 3. The maximum Gasteiger partial charge on any atom is 0.222 e. The number of amides is 1. The third-order valence-electron chi connectivity index (χ3n) is 4.08. The average Bonchev–Trinajstić information content (AvgIpc) is 2.56. The Morgan fingerprint density at radius 1 is 1.26 bits per heavy atom. The van der Waals surface area contributed by atoms with Gasteiger partial charge in [0.05, 0.1) is 6.54 Å². The van der Waals surface area contributed by atoms with Gasteiger partial charge in [0.25, 0.3) is 0 Å². The number of hydrogen-bond acceptors (Lipinski definition) is 2. The van der Waals surface area contributed by atoms with Gasteiger partial charge in [-0.25, -0.2) is 0 Å². The van der Waals surface area contributed by atoms with Crippen LogP contribution in [0.25, 0.3) is 0 Å². The Labute approximate surface area is 114 Å². The molecule has 1 aliphatic heterocycles.